The summed E-state index contributed by atoms with van der Waals surface area (Å²) < 4.78 is 35.5. The molecular formula is C15H20N2O5S. The molecule has 0 N–H and O–H groups in total. The molecule has 1 amide bonds. The number of carbonyl (C=O) groups is 1. The van der Waals surface area contributed by atoms with E-state index in [0.29, 0.717) is 13.1 Å². The van der Waals surface area contributed by atoms with Crippen LogP contribution in [0.3, 0.4) is 0 Å². The lowest BCUT2D eigenvalue weighted by atomic mass is 10.1. The van der Waals surface area contributed by atoms with Crippen molar-refractivity contribution in [2.24, 2.45) is 0 Å². The van der Waals surface area contributed by atoms with E-state index in [1.807, 2.05) is 24.3 Å². The average Bonchev–Trinajstić information content (AvgIpc) is 2.95. The molecule has 0 aromatic heterocycles. The quantitative estimate of drug-likeness (QED) is 0.775. The van der Waals surface area contributed by atoms with Crippen molar-refractivity contribution in [3.63, 3.8) is 0 Å². The maximum absolute atomic E-state index is 12.2. The lowest BCUT2D eigenvalue weighted by molar-refractivity contribution is -0.153. The first-order valence-corrected chi connectivity index (χ1v) is 9.22. The van der Waals surface area contributed by atoms with Crippen molar-refractivity contribution in [3.8, 4) is 5.75 Å². The number of hydrogen-bond acceptors (Lipinski definition) is 5. The van der Waals surface area contributed by atoms with E-state index in [0.717, 1.165) is 11.3 Å². The van der Waals surface area contributed by atoms with Gasteiger partial charge in [0.05, 0.1) is 25.5 Å². The van der Waals surface area contributed by atoms with Gasteiger partial charge in [0.25, 0.3) is 0 Å². The van der Waals surface area contributed by atoms with Crippen molar-refractivity contribution in [2.75, 3.05) is 33.1 Å². The lowest BCUT2D eigenvalue weighted by Gasteiger charge is -2.36. The van der Waals surface area contributed by atoms with E-state index >= 15 is 0 Å². The number of benzene rings is 1. The van der Waals surface area contributed by atoms with Crippen molar-refractivity contribution in [2.45, 2.75) is 18.7 Å². The second-order valence-electron chi connectivity index (χ2n) is 5.87. The summed E-state index contributed by atoms with van der Waals surface area (Å²) in [5.74, 6) is 0.640. The summed E-state index contributed by atoms with van der Waals surface area (Å²) in [5, 5.41) is 0. The van der Waals surface area contributed by atoms with Crippen LogP contribution in [0.2, 0.25) is 0 Å². The zero-order chi connectivity index (χ0) is 16.6. The first kappa shape index (κ1) is 16.2. The Labute approximate surface area is 135 Å². The van der Waals surface area contributed by atoms with Gasteiger partial charge in [0.2, 0.25) is 15.9 Å². The molecule has 2 saturated heterocycles. The van der Waals surface area contributed by atoms with Gasteiger partial charge in [0.15, 0.2) is 0 Å². The number of sulfonamides is 1. The summed E-state index contributed by atoms with van der Waals surface area (Å²) in [4.78, 5) is 14.0. The smallest absolute Gasteiger partial charge is 0.249 e. The second-order valence-corrected chi connectivity index (χ2v) is 7.85. The summed E-state index contributed by atoms with van der Waals surface area (Å²) in [6.45, 7) is 1.02. The molecule has 0 saturated carbocycles. The summed E-state index contributed by atoms with van der Waals surface area (Å²) in [5.41, 5.74) is 0.970. The van der Waals surface area contributed by atoms with Crippen LogP contribution in [-0.4, -0.2) is 68.7 Å². The van der Waals surface area contributed by atoms with Gasteiger partial charge < -0.3 is 14.4 Å². The van der Waals surface area contributed by atoms with Crippen molar-refractivity contribution in [3.05, 3.63) is 29.8 Å². The minimum Gasteiger partial charge on any atom is -0.497 e. The van der Waals surface area contributed by atoms with Crippen molar-refractivity contribution < 1.29 is 22.7 Å². The van der Waals surface area contributed by atoms with Gasteiger partial charge in [-0.25, -0.2) is 8.42 Å². The average molecular weight is 340 g/mol. The van der Waals surface area contributed by atoms with Crippen molar-refractivity contribution >= 4 is 15.9 Å². The van der Waals surface area contributed by atoms with Crippen LogP contribution in [0.4, 0.5) is 0 Å². The number of amides is 1. The van der Waals surface area contributed by atoms with E-state index in [2.05, 4.69) is 0 Å². The Morgan fingerprint density at radius 3 is 2.57 bits per heavy atom. The molecule has 2 heterocycles. The molecule has 2 aliphatic heterocycles. The van der Waals surface area contributed by atoms with E-state index in [-0.39, 0.29) is 31.2 Å². The summed E-state index contributed by atoms with van der Waals surface area (Å²) in [6, 6.07) is 7.25. The Hall–Kier alpha value is -1.64. The standard InChI is InChI=1S/C15H20N2O5S/c1-21-12-5-3-11(4-6-12)7-17-13-8-16(23(2,19)20)9-14(13)22-10-15(17)18/h3-6,13-14H,7-10H2,1-2H3/t13-,14+/m1/s1. The highest BCUT2D eigenvalue weighted by Gasteiger charge is 2.45. The zero-order valence-corrected chi connectivity index (χ0v) is 14.0. The van der Waals surface area contributed by atoms with Crippen LogP contribution < -0.4 is 4.74 Å². The third-order valence-corrected chi connectivity index (χ3v) is 5.56. The molecule has 8 heteroatoms. The molecule has 3 rings (SSSR count). The second kappa shape index (κ2) is 6.10. The molecule has 2 fully saturated rings. The Morgan fingerprint density at radius 1 is 1.26 bits per heavy atom. The van der Waals surface area contributed by atoms with Crippen LogP contribution in [0.1, 0.15) is 5.56 Å². The number of methoxy groups -OCH3 is 1. The summed E-state index contributed by atoms with van der Waals surface area (Å²) in [7, 11) is -1.68. The minimum atomic E-state index is -3.28. The number of rotatable bonds is 4. The molecule has 0 radical (unpaired) electrons. The first-order valence-electron chi connectivity index (χ1n) is 7.37. The molecule has 1 aromatic rings. The lowest BCUT2D eigenvalue weighted by Crippen LogP contribution is -2.53. The molecule has 2 atom stereocenters. The minimum absolute atomic E-state index is 0.00504. The molecule has 0 unspecified atom stereocenters. The van der Waals surface area contributed by atoms with Gasteiger partial charge in [-0.15, -0.1) is 0 Å². The van der Waals surface area contributed by atoms with Crippen molar-refractivity contribution in [1.82, 2.24) is 9.21 Å². The summed E-state index contributed by atoms with van der Waals surface area (Å²) >= 11 is 0. The molecule has 0 spiro atoms. The fourth-order valence-corrected chi connectivity index (χ4v) is 3.88. The van der Waals surface area contributed by atoms with Crippen LogP contribution in [-0.2, 0) is 26.1 Å². The van der Waals surface area contributed by atoms with Gasteiger partial charge in [-0.3, -0.25) is 4.79 Å². The van der Waals surface area contributed by atoms with E-state index in [1.165, 1.54) is 10.6 Å². The molecule has 2 aliphatic rings. The maximum atomic E-state index is 12.2. The third kappa shape index (κ3) is 3.34. The normalized spacial score (nSPS) is 25.5. The fraction of sp³-hybridized carbons (Fsp3) is 0.533. The Balaban J connectivity index is 1.77. The highest BCUT2D eigenvalue weighted by Crippen LogP contribution is 2.27. The van der Waals surface area contributed by atoms with Gasteiger partial charge in [-0.05, 0) is 17.7 Å². The van der Waals surface area contributed by atoms with E-state index in [1.54, 1.807) is 12.0 Å². The number of nitrogens with zero attached hydrogens (tertiary/aromatic N) is 2. The highest BCUT2D eigenvalue weighted by molar-refractivity contribution is 7.88. The SMILES string of the molecule is COc1ccc(CN2C(=O)CO[C@H]3CN(S(C)(=O)=O)C[C@H]32)cc1. The van der Waals surface area contributed by atoms with Crippen LogP contribution >= 0.6 is 0 Å². The number of hydrogen-bond donors (Lipinski definition) is 0. The predicted molar refractivity (Wildman–Crippen MR) is 83.5 cm³/mol. The molecule has 0 bridgehead atoms. The largest absolute Gasteiger partial charge is 0.497 e. The van der Waals surface area contributed by atoms with E-state index in [4.69, 9.17) is 9.47 Å². The highest BCUT2D eigenvalue weighted by atomic mass is 32.2. The maximum Gasteiger partial charge on any atom is 0.249 e. The molecule has 23 heavy (non-hydrogen) atoms. The van der Waals surface area contributed by atoms with Gasteiger partial charge in [-0.1, -0.05) is 12.1 Å². The van der Waals surface area contributed by atoms with E-state index in [9.17, 15) is 13.2 Å². The van der Waals surface area contributed by atoms with Gasteiger partial charge >= 0.3 is 0 Å². The fourth-order valence-electron chi connectivity index (χ4n) is 3.04. The Bertz CT molecular complexity index is 688. The Kier molecular flexibility index (Phi) is 4.31. The number of morpholine rings is 1. The molecule has 1 aromatic carbocycles. The van der Waals surface area contributed by atoms with Crippen molar-refractivity contribution in [1.29, 1.82) is 0 Å². The first-order chi connectivity index (χ1) is 10.9. The number of carbonyl (C=O) groups excluding carboxylic acids is 1. The van der Waals surface area contributed by atoms with E-state index < -0.39 is 10.0 Å². The van der Waals surface area contributed by atoms with Gasteiger partial charge in [0, 0.05) is 19.6 Å². The van der Waals surface area contributed by atoms with Crippen LogP contribution in [0.25, 0.3) is 0 Å². The molecule has 0 aliphatic carbocycles. The predicted octanol–water partition coefficient (Wildman–Crippen LogP) is 0.0664. The van der Waals surface area contributed by atoms with Crippen LogP contribution in [0, 0.1) is 0 Å². The van der Waals surface area contributed by atoms with Crippen LogP contribution in [0.15, 0.2) is 24.3 Å². The number of fused-ring (bicyclic) bond motifs is 1. The molecule has 7 nitrogen and oxygen atoms in total. The van der Waals surface area contributed by atoms with Gasteiger partial charge in [0.1, 0.15) is 12.4 Å². The monoisotopic (exact) mass is 340 g/mol. The topological polar surface area (TPSA) is 76.2 Å². The van der Waals surface area contributed by atoms with Crippen LogP contribution in [0.5, 0.6) is 5.75 Å². The zero-order valence-electron chi connectivity index (χ0n) is 13.1. The Morgan fingerprint density at radius 2 is 1.96 bits per heavy atom. The third-order valence-electron chi connectivity index (χ3n) is 4.33. The molecular weight excluding hydrogens is 320 g/mol. The molecule has 126 valence electrons. The van der Waals surface area contributed by atoms with Gasteiger partial charge in [-0.2, -0.15) is 4.31 Å². The number of ether oxygens (including phenoxy) is 2. The summed E-state index contributed by atoms with van der Waals surface area (Å²) in [6.07, 6.45) is 0.917.